The molecular formula is C17H26N4O2. The van der Waals surface area contributed by atoms with Crippen molar-refractivity contribution in [3.05, 3.63) is 24.5 Å². The number of nitrogens with one attached hydrogen (secondary N) is 2. The molecule has 6 nitrogen and oxygen atoms in total. The molecule has 2 fully saturated rings. The molecule has 0 aromatic carbocycles. The Morgan fingerprint density at radius 1 is 1.17 bits per heavy atom. The van der Waals surface area contributed by atoms with Crippen LogP contribution in [0.1, 0.15) is 25.7 Å². The van der Waals surface area contributed by atoms with Gasteiger partial charge in [-0.05, 0) is 43.7 Å². The van der Waals surface area contributed by atoms with E-state index in [9.17, 15) is 4.79 Å². The molecule has 0 bridgehead atoms. The van der Waals surface area contributed by atoms with Crippen molar-refractivity contribution in [1.29, 1.82) is 0 Å². The fourth-order valence-corrected chi connectivity index (χ4v) is 3.27. The van der Waals surface area contributed by atoms with Crippen LogP contribution in [0, 0.1) is 5.92 Å². The van der Waals surface area contributed by atoms with Crippen molar-refractivity contribution >= 4 is 11.7 Å². The lowest BCUT2D eigenvalue weighted by atomic mass is 9.96. The van der Waals surface area contributed by atoms with Gasteiger partial charge in [0.25, 0.3) is 0 Å². The molecule has 0 saturated carbocycles. The number of hydrogen-bond donors (Lipinski definition) is 2. The van der Waals surface area contributed by atoms with Gasteiger partial charge in [-0.3, -0.25) is 4.98 Å². The number of amides is 2. The van der Waals surface area contributed by atoms with Crippen molar-refractivity contribution in [2.24, 2.45) is 5.92 Å². The number of anilines is 1. The van der Waals surface area contributed by atoms with E-state index in [-0.39, 0.29) is 12.1 Å². The number of carbonyl (C=O) groups excluding carboxylic acids is 1. The zero-order valence-corrected chi connectivity index (χ0v) is 13.5. The fraction of sp³-hybridized carbons (Fsp3) is 0.647. The molecule has 1 aromatic heterocycles. The second-order valence-electron chi connectivity index (χ2n) is 6.38. The molecule has 23 heavy (non-hydrogen) atoms. The Hall–Kier alpha value is -1.82. The van der Waals surface area contributed by atoms with Crippen molar-refractivity contribution in [2.75, 3.05) is 37.7 Å². The van der Waals surface area contributed by atoms with Crippen LogP contribution in [0.2, 0.25) is 0 Å². The maximum atomic E-state index is 12.0. The zero-order valence-electron chi connectivity index (χ0n) is 13.5. The van der Waals surface area contributed by atoms with Gasteiger partial charge in [-0.2, -0.15) is 0 Å². The van der Waals surface area contributed by atoms with Crippen molar-refractivity contribution in [3.63, 3.8) is 0 Å². The lowest BCUT2D eigenvalue weighted by molar-refractivity contribution is 0.0800. The Labute approximate surface area is 137 Å². The van der Waals surface area contributed by atoms with E-state index in [2.05, 4.69) is 32.7 Å². The normalized spacial score (nSPS) is 20.3. The Morgan fingerprint density at radius 2 is 1.87 bits per heavy atom. The molecule has 2 saturated heterocycles. The lowest BCUT2D eigenvalue weighted by Gasteiger charge is -2.33. The molecule has 0 radical (unpaired) electrons. The standard InChI is InChI=1S/C17H26N4O2/c22-17(20-15-5-11-23-12-6-15)19-13-14-3-9-21(10-4-14)16-1-7-18-8-2-16/h1-2,7-8,14-15H,3-6,9-13H2,(H2,19,20,22). The Bertz CT molecular complexity index is 483. The molecule has 3 heterocycles. The summed E-state index contributed by atoms with van der Waals surface area (Å²) in [5, 5.41) is 6.08. The quantitative estimate of drug-likeness (QED) is 0.888. The molecule has 2 amide bonds. The first-order valence-electron chi connectivity index (χ1n) is 8.58. The molecule has 0 atom stereocenters. The minimum Gasteiger partial charge on any atom is -0.381 e. The van der Waals surface area contributed by atoms with Gasteiger partial charge in [-0.1, -0.05) is 0 Å². The number of urea groups is 1. The van der Waals surface area contributed by atoms with E-state index in [1.165, 1.54) is 5.69 Å². The maximum Gasteiger partial charge on any atom is 0.315 e. The topological polar surface area (TPSA) is 66.5 Å². The molecule has 2 N–H and O–H groups in total. The number of pyridine rings is 1. The summed E-state index contributed by atoms with van der Waals surface area (Å²) < 4.78 is 5.30. The van der Waals surface area contributed by atoms with Crippen LogP contribution in [0.15, 0.2) is 24.5 Å². The third-order valence-electron chi connectivity index (χ3n) is 4.75. The first-order valence-corrected chi connectivity index (χ1v) is 8.58. The van der Waals surface area contributed by atoms with Crippen molar-refractivity contribution in [1.82, 2.24) is 15.6 Å². The van der Waals surface area contributed by atoms with Crippen LogP contribution < -0.4 is 15.5 Å². The number of hydrogen-bond acceptors (Lipinski definition) is 4. The largest absolute Gasteiger partial charge is 0.381 e. The number of nitrogens with zero attached hydrogens (tertiary/aromatic N) is 2. The highest BCUT2D eigenvalue weighted by Gasteiger charge is 2.21. The third kappa shape index (κ3) is 4.82. The van der Waals surface area contributed by atoms with Crippen LogP contribution >= 0.6 is 0 Å². The molecule has 6 heteroatoms. The molecule has 2 aliphatic heterocycles. The first-order chi connectivity index (χ1) is 11.3. The van der Waals surface area contributed by atoms with Crippen LogP contribution in [0.3, 0.4) is 0 Å². The van der Waals surface area contributed by atoms with Gasteiger partial charge in [-0.15, -0.1) is 0 Å². The summed E-state index contributed by atoms with van der Waals surface area (Å²) in [5.74, 6) is 0.563. The van der Waals surface area contributed by atoms with E-state index >= 15 is 0 Å². The number of rotatable bonds is 4. The molecule has 0 unspecified atom stereocenters. The second-order valence-corrected chi connectivity index (χ2v) is 6.38. The first kappa shape index (κ1) is 16.1. The minimum atomic E-state index is -0.0338. The molecule has 1 aromatic rings. The highest BCUT2D eigenvalue weighted by atomic mass is 16.5. The summed E-state index contributed by atoms with van der Waals surface area (Å²) in [6.07, 6.45) is 7.72. The lowest BCUT2D eigenvalue weighted by Crippen LogP contribution is -2.46. The summed E-state index contributed by atoms with van der Waals surface area (Å²) in [6.45, 7) is 4.34. The van der Waals surface area contributed by atoms with Crippen LogP contribution in [0.4, 0.5) is 10.5 Å². The third-order valence-corrected chi connectivity index (χ3v) is 4.75. The Morgan fingerprint density at radius 3 is 2.57 bits per heavy atom. The second kappa shape index (κ2) is 8.15. The van der Waals surface area contributed by atoms with Gasteiger partial charge in [0.2, 0.25) is 0 Å². The molecule has 3 rings (SSSR count). The average Bonchev–Trinajstić information content (AvgIpc) is 2.62. The van der Waals surface area contributed by atoms with E-state index in [0.717, 1.165) is 58.5 Å². The smallest absolute Gasteiger partial charge is 0.315 e. The SMILES string of the molecule is O=C(NCC1CCN(c2ccncc2)CC1)NC1CCOCC1. The predicted molar refractivity (Wildman–Crippen MR) is 89.5 cm³/mol. The van der Waals surface area contributed by atoms with Crippen LogP contribution in [-0.4, -0.2) is 49.9 Å². The Balaban J connectivity index is 1.35. The van der Waals surface area contributed by atoms with E-state index in [0.29, 0.717) is 5.92 Å². The summed E-state index contributed by atoms with van der Waals surface area (Å²) in [6, 6.07) is 4.34. The van der Waals surface area contributed by atoms with Crippen LogP contribution in [-0.2, 0) is 4.74 Å². The van der Waals surface area contributed by atoms with Gasteiger partial charge >= 0.3 is 6.03 Å². The van der Waals surface area contributed by atoms with Crippen molar-refractivity contribution < 1.29 is 9.53 Å². The molecule has 0 aliphatic carbocycles. The minimum absolute atomic E-state index is 0.0338. The van der Waals surface area contributed by atoms with Crippen LogP contribution in [0.25, 0.3) is 0 Å². The molecular weight excluding hydrogens is 292 g/mol. The van der Waals surface area contributed by atoms with Gasteiger partial charge < -0.3 is 20.3 Å². The molecule has 126 valence electrons. The highest BCUT2D eigenvalue weighted by Crippen LogP contribution is 2.22. The summed E-state index contributed by atoms with van der Waals surface area (Å²) in [4.78, 5) is 18.4. The van der Waals surface area contributed by atoms with Gasteiger partial charge in [0, 0.05) is 57.0 Å². The Kier molecular flexibility index (Phi) is 5.69. The summed E-state index contributed by atoms with van der Waals surface area (Å²) >= 11 is 0. The van der Waals surface area contributed by atoms with E-state index < -0.39 is 0 Å². The van der Waals surface area contributed by atoms with E-state index in [4.69, 9.17) is 4.74 Å². The highest BCUT2D eigenvalue weighted by molar-refractivity contribution is 5.74. The zero-order chi connectivity index (χ0) is 15.9. The fourth-order valence-electron chi connectivity index (χ4n) is 3.27. The van der Waals surface area contributed by atoms with Gasteiger partial charge in [0.15, 0.2) is 0 Å². The van der Waals surface area contributed by atoms with Crippen molar-refractivity contribution in [2.45, 2.75) is 31.7 Å². The summed E-state index contributed by atoms with van der Waals surface area (Å²) in [7, 11) is 0. The number of piperidine rings is 1. The maximum absolute atomic E-state index is 12.0. The predicted octanol–water partition coefficient (Wildman–Crippen LogP) is 1.78. The van der Waals surface area contributed by atoms with Crippen LogP contribution in [0.5, 0.6) is 0 Å². The number of aromatic nitrogens is 1. The average molecular weight is 318 g/mol. The van der Waals surface area contributed by atoms with Gasteiger partial charge in [-0.25, -0.2) is 4.79 Å². The summed E-state index contributed by atoms with van der Waals surface area (Å²) in [5.41, 5.74) is 1.24. The monoisotopic (exact) mass is 318 g/mol. The van der Waals surface area contributed by atoms with Gasteiger partial charge in [0.1, 0.15) is 0 Å². The molecule has 2 aliphatic rings. The van der Waals surface area contributed by atoms with Crippen molar-refractivity contribution in [3.8, 4) is 0 Å². The number of ether oxygens (including phenoxy) is 1. The van der Waals surface area contributed by atoms with E-state index in [1.54, 1.807) is 0 Å². The van der Waals surface area contributed by atoms with E-state index in [1.807, 2.05) is 12.4 Å². The number of carbonyl (C=O) groups is 1. The van der Waals surface area contributed by atoms with Gasteiger partial charge in [0.05, 0.1) is 0 Å². The molecule has 0 spiro atoms.